The topological polar surface area (TPSA) is 37.4 Å². The quantitative estimate of drug-likeness (QED) is 0.737. The predicted octanol–water partition coefficient (Wildman–Crippen LogP) is 4.07. The van der Waals surface area contributed by atoms with Crippen LogP contribution in [0.5, 0.6) is 0 Å². The molecule has 0 aliphatic heterocycles. The number of nitrogens with zero attached hydrogens (tertiary/aromatic N) is 1. The Morgan fingerprint density at radius 1 is 1.35 bits per heavy atom. The molecule has 0 bridgehead atoms. The second-order valence-electron chi connectivity index (χ2n) is 4.28. The maximum absolute atomic E-state index is 12.7. The van der Waals surface area contributed by atoms with Crippen molar-refractivity contribution < 1.29 is 8.42 Å². The van der Waals surface area contributed by atoms with Crippen LogP contribution in [0.2, 0.25) is 0 Å². The summed E-state index contributed by atoms with van der Waals surface area (Å²) in [4.78, 5) is 3.11. The summed E-state index contributed by atoms with van der Waals surface area (Å²) in [5, 5.41) is 1.96. The zero-order valence-corrected chi connectivity index (χ0v) is 14.5. The van der Waals surface area contributed by atoms with Gasteiger partial charge in [-0.1, -0.05) is 13.0 Å². The smallest absolute Gasteiger partial charge is 0.207 e. The first-order valence-electron chi connectivity index (χ1n) is 6.16. The molecule has 0 aliphatic rings. The van der Waals surface area contributed by atoms with E-state index < -0.39 is 10.0 Å². The van der Waals surface area contributed by atoms with Gasteiger partial charge in [-0.15, -0.1) is 34.3 Å². The highest BCUT2D eigenvalue weighted by Gasteiger charge is 2.26. The molecule has 0 saturated heterocycles. The van der Waals surface area contributed by atoms with Gasteiger partial charge in [0.1, 0.15) is 0 Å². The molecule has 0 amide bonds. The maximum Gasteiger partial charge on any atom is 0.244 e. The Kier molecular flexibility index (Phi) is 5.25. The summed E-state index contributed by atoms with van der Waals surface area (Å²) in [5.41, 5.74) is 0. The van der Waals surface area contributed by atoms with Gasteiger partial charge >= 0.3 is 0 Å². The third kappa shape index (κ3) is 3.26. The van der Waals surface area contributed by atoms with E-state index in [1.807, 2.05) is 31.4 Å². The van der Waals surface area contributed by atoms with E-state index in [0.717, 1.165) is 14.6 Å². The minimum Gasteiger partial charge on any atom is -0.207 e. The summed E-state index contributed by atoms with van der Waals surface area (Å²) >= 11 is 8.80. The van der Waals surface area contributed by atoms with Gasteiger partial charge in [0.25, 0.3) is 0 Å². The van der Waals surface area contributed by atoms with Crippen LogP contribution in [0, 0.1) is 6.92 Å². The van der Waals surface area contributed by atoms with Crippen molar-refractivity contribution >= 4 is 44.3 Å². The predicted molar refractivity (Wildman–Crippen MR) is 86.2 cm³/mol. The molecule has 0 N–H and O–H groups in total. The van der Waals surface area contributed by atoms with Gasteiger partial charge in [0.05, 0.1) is 10.8 Å². The van der Waals surface area contributed by atoms with Crippen molar-refractivity contribution in [2.75, 3.05) is 6.54 Å². The second kappa shape index (κ2) is 6.58. The number of thiophene rings is 2. The lowest BCUT2D eigenvalue weighted by Crippen LogP contribution is -2.30. The Bertz CT molecular complexity index is 662. The largest absolute Gasteiger partial charge is 0.244 e. The lowest BCUT2D eigenvalue weighted by atomic mass is 10.4. The van der Waals surface area contributed by atoms with E-state index in [1.54, 1.807) is 17.4 Å². The van der Waals surface area contributed by atoms with Crippen molar-refractivity contribution in [3.8, 4) is 0 Å². The zero-order chi connectivity index (χ0) is 14.8. The fourth-order valence-electron chi connectivity index (χ4n) is 1.93. The van der Waals surface area contributed by atoms with Crippen LogP contribution in [0.4, 0.5) is 0 Å². The SMILES string of the molecule is CCN(Cc1cccs1)S(=O)(=O)c1cc(CCl)sc1C. The van der Waals surface area contributed by atoms with Crippen LogP contribution in [0.1, 0.15) is 21.6 Å². The molecule has 2 heterocycles. The molecule has 0 saturated carbocycles. The van der Waals surface area contributed by atoms with Crippen molar-refractivity contribution in [3.63, 3.8) is 0 Å². The summed E-state index contributed by atoms with van der Waals surface area (Å²) in [5.74, 6) is 0.345. The zero-order valence-electron chi connectivity index (χ0n) is 11.3. The Morgan fingerprint density at radius 3 is 2.60 bits per heavy atom. The maximum atomic E-state index is 12.7. The molecule has 2 rings (SSSR count). The van der Waals surface area contributed by atoms with Crippen molar-refractivity contribution in [2.45, 2.75) is 31.2 Å². The van der Waals surface area contributed by atoms with E-state index in [2.05, 4.69) is 0 Å². The first-order valence-corrected chi connectivity index (χ1v) is 9.84. The van der Waals surface area contributed by atoms with Crippen LogP contribution in [-0.4, -0.2) is 19.3 Å². The number of hydrogen-bond donors (Lipinski definition) is 0. The van der Waals surface area contributed by atoms with Crippen LogP contribution in [0.25, 0.3) is 0 Å². The normalized spacial score (nSPS) is 12.2. The minimum atomic E-state index is -3.46. The molecular weight excluding hydrogens is 334 g/mol. The summed E-state index contributed by atoms with van der Waals surface area (Å²) in [6, 6.07) is 5.58. The van der Waals surface area contributed by atoms with Crippen LogP contribution >= 0.6 is 34.3 Å². The van der Waals surface area contributed by atoms with E-state index in [9.17, 15) is 8.42 Å². The average Bonchev–Trinajstić information content (AvgIpc) is 3.04. The number of rotatable bonds is 6. The van der Waals surface area contributed by atoms with Gasteiger partial charge < -0.3 is 0 Å². The van der Waals surface area contributed by atoms with E-state index >= 15 is 0 Å². The first-order chi connectivity index (χ1) is 9.48. The van der Waals surface area contributed by atoms with E-state index in [1.165, 1.54) is 15.6 Å². The van der Waals surface area contributed by atoms with Gasteiger partial charge in [-0.2, -0.15) is 4.31 Å². The van der Waals surface area contributed by atoms with Crippen LogP contribution in [0.15, 0.2) is 28.5 Å². The number of halogens is 1. The van der Waals surface area contributed by atoms with Gasteiger partial charge in [0.2, 0.25) is 10.0 Å². The van der Waals surface area contributed by atoms with Crippen LogP contribution in [0.3, 0.4) is 0 Å². The van der Waals surface area contributed by atoms with Gasteiger partial charge in [-0.3, -0.25) is 0 Å². The molecule has 0 unspecified atom stereocenters. The molecule has 0 atom stereocenters. The Morgan fingerprint density at radius 2 is 2.10 bits per heavy atom. The monoisotopic (exact) mass is 349 g/mol. The molecule has 3 nitrogen and oxygen atoms in total. The van der Waals surface area contributed by atoms with E-state index in [4.69, 9.17) is 11.6 Å². The number of hydrogen-bond acceptors (Lipinski definition) is 4. The summed E-state index contributed by atoms with van der Waals surface area (Å²) in [6.45, 7) is 4.55. The highest BCUT2D eigenvalue weighted by atomic mass is 35.5. The van der Waals surface area contributed by atoms with Gasteiger partial charge in [0.15, 0.2) is 0 Å². The van der Waals surface area contributed by atoms with Gasteiger partial charge in [-0.05, 0) is 24.4 Å². The Hall–Kier alpha value is -0.400. The molecule has 0 radical (unpaired) electrons. The van der Waals surface area contributed by atoms with Gasteiger partial charge in [0, 0.05) is 27.7 Å². The van der Waals surface area contributed by atoms with Crippen molar-refractivity contribution in [2.24, 2.45) is 0 Å². The van der Waals surface area contributed by atoms with Crippen molar-refractivity contribution in [1.82, 2.24) is 4.31 Å². The van der Waals surface area contributed by atoms with E-state index in [-0.39, 0.29) is 0 Å². The third-order valence-corrected chi connectivity index (χ3v) is 7.47. The summed E-state index contributed by atoms with van der Waals surface area (Å²) in [6.07, 6.45) is 0. The number of alkyl halides is 1. The molecule has 0 spiro atoms. The molecule has 0 aromatic carbocycles. The summed E-state index contributed by atoms with van der Waals surface area (Å²) < 4.78 is 27.0. The average molecular weight is 350 g/mol. The first kappa shape index (κ1) is 16.0. The lowest BCUT2D eigenvalue weighted by molar-refractivity contribution is 0.426. The molecule has 20 heavy (non-hydrogen) atoms. The molecule has 2 aromatic heterocycles. The lowest BCUT2D eigenvalue weighted by Gasteiger charge is -2.19. The van der Waals surface area contributed by atoms with Crippen molar-refractivity contribution in [3.05, 3.63) is 38.2 Å². The van der Waals surface area contributed by atoms with Crippen LogP contribution < -0.4 is 0 Å². The molecule has 0 fully saturated rings. The molecular formula is C13H16ClNO2S3. The Balaban J connectivity index is 2.33. The van der Waals surface area contributed by atoms with Crippen molar-refractivity contribution in [1.29, 1.82) is 0 Å². The van der Waals surface area contributed by atoms with E-state index in [0.29, 0.717) is 23.9 Å². The second-order valence-corrected chi connectivity index (χ2v) is 8.82. The third-order valence-electron chi connectivity index (χ3n) is 2.94. The molecule has 2 aromatic rings. The molecule has 0 aliphatic carbocycles. The number of sulfonamides is 1. The standard InChI is InChI=1S/C13H16ClNO2S3/c1-3-15(9-11-5-4-6-18-11)20(16,17)13-7-12(8-14)19-10(13)2/h4-7H,3,8-9H2,1-2H3. The van der Waals surface area contributed by atoms with Crippen LogP contribution in [-0.2, 0) is 22.4 Å². The fraction of sp³-hybridized carbons (Fsp3) is 0.385. The highest BCUT2D eigenvalue weighted by molar-refractivity contribution is 7.89. The Labute approximate surface area is 132 Å². The number of aryl methyl sites for hydroxylation is 1. The van der Waals surface area contributed by atoms with Gasteiger partial charge in [-0.25, -0.2) is 8.42 Å². The summed E-state index contributed by atoms with van der Waals surface area (Å²) in [7, 11) is -3.46. The molecule has 7 heteroatoms. The minimum absolute atomic E-state index is 0.345. The molecule has 110 valence electrons. The highest BCUT2D eigenvalue weighted by Crippen LogP contribution is 2.30. The fourth-order valence-corrected chi connectivity index (χ4v) is 5.85.